The van der Waals surface area contributed by atoms with Crippen molar-refractivity contribution in [2.45, 2.75) is 111 Å². The number of pyridine rings is 1. The minimum absolute atomic E-state index is 0. The van der Waals surface area contributed by atoms with Gasteiger partial charge in [-0.05, 0) is 104 Å². The molecule has 3 heterocycles. The van der Waals surface area contributed by atoms with E-state index < -0.39 is 0 Å². The van der Waals surface area contributed by atoms with Crippen LogP contribution in [0.5, 0.6) is 11.5 Å². The molecule has 5 nitrogen and oxygen atoms in total. The van der Waals surface area contributed by atoms with E-state index in [4.69, 9.17) is 9.72 Å². The van der Waals surface area contributed by atoms with Crippen molar-refractivity contribution in [1.29, 1.82) is 0 Å². The predicted octanol–water partition coefficient (Wildman–Crippen LogP) is 16.3. The predicted molar refractivity (Wildman–Crippen MR) is 277 cm³/mol. The van der Waals surface area contributed by atoms with Crippen molar-refractivity contribution in [2.75, 3.05) is 9.80 Å². The number of fused-ring (bicyclic) bond motifs is 3. The molecule has 6 heteroatoms. The number of aromatic nitrogens is 2. The Labute approximate surface area is 413 Å². The van der Waals surface area contributed by atoms with E-state index in [1.807, 2.05) is 6.20 Å². The molecule has 8 aromatic rings. The second kappa shape index (κ2) is 18.3. The maximum absolute atomic E-state index is 7.13. The van der Waals surface area contributed by atoms with E-state index in [1.165, 1.54) is 44.3 Å². The summed E-state index contributed by atoms with van der Waals surface area (Å²) in [5, 5.41) is 2.33. The summed E-state index contributed by atoms with van der Waals surface area (Å²) in [7, 11) is 0. The van der Waals surface area contributed by atoms with E-state index in [9.17, 15) is 0 Å². The van der Waals surface area contributed by atoms with Crippen molar-refractivity contribution in [3.05, 3.63) is 198 Å². The van der Waals surface area contributed by atoms with Crippen LogP contribution in [0.2, 0.25) is 0 Å². The van der Waals surface area contributed by atoms with Gasteiger partial charge >= 0.3 is 0 Å². The molecule has 6 aromatic carbocycles. The first-order chi connectivity index (χ1) is 31.4. The summed E-state index contributed by atoms with van der Waals surface area (Å²) in [6.45, 7) is 29.4. The first kappa shape index (κ1) is 47.6. The summed E-state index contributed by atoms with van der Waals surface area (Å²) >= 11 is 0. The van der Waals surface area contributed by atoms with Crippen LogP contribution >= 0.6 is 0 Å². The largest absolute Gasteiger partial charge is 0.509 e. The van der Waals surface area contributed by atoms with Crippen molar-refractivity contribution in [3.63, 3.8) is 0 Å². The number of hydrogen-bond acceptors (Lipinski definition) is 4. The maximum atomic E-state index is 7.13. The van der Waals surface area contributed by atoms with E-state index in [2.05, 4.69) is 256 Å². The van der Waals surface area contributed by atoms with Crippen LogP contribution in [-0.2, 0) is 37.3 Å². The Morgan fingerprint density at radius 1 is 0.597 bits per heavy atom. The molecule has 9 rings (SSSR count). The third kappa shape index (κ3) is 9.25. The fourth-order valence-electron chi connectivity index (χ4n) is 9.48. The van der Waals surface area contributed by atoms with Crippen LogP contribution < -0.4 is 14.5 Å². The van der Waals surface area contributed by atoms with Crippen molar-refractivity contribution in [1.82, 2.24) is 9.55 Å². The van der Waals surface area contributed by atoms with E-state index in [-0.39, 0.29) is 37.3 Å². The average Bonchev–Trinajstić information content (AvgIpc) is 3.92. The van der Waals surface area contributed by atoms with Gasteiger partial charge < -0.3 is 19.1 Å². The minimum Gasteiger partial charge on any atom is -0.509 e. The average molecular weight is 1060 g/mol. The molecule has 2 aromatic heterocycles. The zero-order chi connectivity index (χ0) is 46.7. The van der Waals surface area contributed by atoms with E-state index in [1.54, 1.807) is 0 Å². The molecule has 0 fully saturated rings. The van der Waals surface area contributed by atoms with Gasteiger partial charge in [0, 0.05) is 55.4 Å². The van der Waals surface area contributed by atoms with Crippen molar-refractivity contribution >= 4 is 33.2 Å². The SMILES string of the molecule is CC(C)c1cccc(C(C)C)c1-c1cc(Oc2[c-]c3c(c(C(C)(C)C)c2)c2ccccc2n3-c2cc(C(C)(C)C)ccn2)[c-]c(N2C=CN(c3cccc(C(C)(C)c4ccccc4)c3)[CH-]2)c1.[Pt]. The fraction of sp³-hybridized carbons (Fsp3) is 0.279. The van der Waals surface area contributed by atoms with Gasteiger partial charge in [-0.2, -0.15) is 0 Å². The molecule has 1 aliphatic rings. The van der Waals surface area contributed by atoms with Gasteiger partial charge in [-0.1, -0.05) is 173 Å². The Hall–Kier alpha value is -5.90. The van der Waals surface area contributed by atoms with Gasteiger partial charge in [0.05, 0.1) is 0 Å². The first-order valence-corrected chi connectivity index (χ1v) is 23.5. The van der Waals surface area contributed by atoms with Crippen LogP contribution in [0.25, 0.3) is 38.8 Å². The Morgan fingerprint density at radius 2 is 1.24 bits per heavy atom. The Balaban J connectivity index is 0.00000608. The summed E-state index contributed by atoms with van der Waals surface area (Å²) < 4.78 is 9.39. The van der Waals surface area contributed by atoms with Crippen LogP contribution in [0, 0.1) is 18.8 Å². The van der Waals surface area contributed by atoms with E-state index in [0.29, 0.717) is 23.3 Å². The van der Waals surface area contributed by atoms with Crippen LogP contribution in [0.15, 0.2) is 146 Å². The van der Waals surface area contributed by atoms with Gasteiger partial charge in [-0.15, -0.1) is 53.8 Å². The zero-order valence-corrected chi connectivity index (χ0v) is 43.4. The van der Waals surface area contributed by atoms with Gasteiger partial charge in [0.2, 0.25) is 0 Å². The molecule has 346 valence electrons. The molecule has 0 amide bonds. The molecular formula is C61H63N4OPt-3. The number of para-hydroxylation sites is 1. The number of benzene rings is 6. The van der Waals surface area contributed by atoms with Gasteiger partial charge in [-0.25, -0.2) is 4.98 Å². The first-order valence-electron chi connectivity index (χ1n) is 23.5. The molecule has 0 atom stereocenters. The van der Waals surface area contributed by atoms with Crippen molar-refractivity contribution < 1.29 is 25.8 Å². The number of anilines is 2. The monoisotopic (exact) mass is 1060 g/mol. The van der Waals surface area contributed by atoms with Crippen LogP contribution in [0.1, 0.15) is 128 Å². The van der Waals surface area contributed by atoms with Crippen LogP contribution in [0.4, 0.5) is 11.4 Å². The molecule has 0 radical (unpaired) electrons. The summed E-state index contributed by atoms with van der Waals surface area (Å²) in [4.78, 5) is 9.32. The summed E-state index contributed by atoms with van der Waals surface area (Å²) in [5.41, 5.74) is 13.5. The molecule has 67 heavy (non-hydrogen) atoms. The van der Waals surface area contributed by atoms with Crippen molar-refractivity contribution in [2.24, 2.45) is 0 Å². The van der Waals surface area contributed by atoms with Crippen molar-refractivity contribution in [3.8, 4) is 28.4 Å². The normalized spacial score (nSPS) is 13.3. The summed E-state index contributed by atoms with van der Waals surface area (Å²) in [6.07, 6.45) is 6.16. The molecular weight excluding hydrogens is 1000 g/mol. The standard InChI is InChI=1S/C61H63N4O.Pt/c1-40(2)50-25-19-26-51(41(3)4)57(50)42-32-47(64-31-30-63(39-64)46-23-18-22-45(34-46)61(11,12)43-20-14-13-15-21-43)36-48(33-42)66-49-37-53(60(8,9)10)58-52-24-16-17-27-54(52)65(55(58)38-49)56-35-44(28-29-62-56)59(5,6)7;/h13-35,37,39-41H,1-12H3;/q-3;. The molecule has 0 saturated carbocycles. The molecule has 1 aliphatic heterocycles. The smallest absolute Gasteiger partial charge is 0.135 e. The van der Waals surface area contributed by atoms with Gasteiger partial charge in [0.1, 0.15) is 5.82 Å². The summed E-state index contributed by atoms with van der Waals surface area (Å²) in [5.74, 6) is 2.74. The van der Waals surface area contributed by atoms with Crippen LogP contribution in [-0.4, -0.2) is 9.55 Å². The minimum atomic E-state index is -0.216. The molecule has 0 aliphatic carbocycles. The Bertz CT molecular complexity index is 3080. The Kier molecular flexibility index (Phi) is 13.0. The van der Waals surface area contributed by atoms with Gasteiger partial charge in [0.25, 0.3) is 0 Å². The molecule has 0 saturated heterocycles. The molecule has 0 unspecified atom stereocenters. The zero-order valence-electron chi connectivity index (χ0n) is 41.1. The van der Waals surface area contributed by atoms with Gasteiger partial charge in [0.15, 0.2) is 0 Å². The molecule has 0 bridgehead atoms. The molecule has 0 N–H and O–H groups in total. The third-order valence-corrected chi connectivity index (χ3v) is 13.3. The number of rotatable bonds is 10. The van der Waals surface area contributed by atoms with Crippen LogP contribution in [0.3, 0.4) is 0 Å². The maximum Gasteiger partial charge on any atom is 0.135 e. The van der Waals surface area contributed by atoms with Gasteiger partial charge in [-0.3, -0.25) is 0 Å². The Morgan fingerprint density at radius 3 is 1.93 bits per heavy atom. The number of ether oxygens (including phenoxy) is 1. The molecule has 0 spiro atoms. The fourth-order valence-corrected chi connectivity index (χ4v) is 9.48. The number of nitrogens with zero attached hydrogens (tertiary/aromatic N) is 4. The number of hydrogen-bond donors (Lipinski definition) is 0. The second-order valence-corrected chi connectivity index (χ2v) is 21.1. The second-order valence-electron chi connectivity index (χ2n) is 21.1. The van der Waals surface area contributed by atoms with E-state index in [0.717, 1.165) is 39.2 Å². The van der Waals surface area contributed by atoms with E-state index >= 15 is 0 Å². The topological polar surface area (TPSA) is 33.5 Å². The quantitative estimate of drug-likeness (QED) is 0.128. The summed E-state index contributed by atoms with van der Waals surface area (Å²) in [6, 6.07) is 53.5. The third-order valence-electron chi connectivity index (χ3n) is 13.3.